The highest BCUT2D eigenvalue weighted by molar-refractivity contribution is 7.89. The van der Waals surface area contributed by atoms with Gasteiger partial charge in [-0.2, -0.15) is 5.21 Å². The Morgan fingerprint density at radius 1 is 1.33 bits per heavy atom. The Balaban J connectivity index is 2.35. The largest absolute Gasteiger partial charge is 0.478 e. The lowest BCUT2D eigenvalue weighted by molar-refractivity contribution is 0.0696. The number of nitrogens with zero attached hydrogens (tertiary/aromatic N) is 3. The zero-order valence-electron chi connectivity index (χ0n) is 11.3. The Hall–Kier alpha value is -2.33. The molecule has 0 spiro atoms. The third-order valence-electron chi connectivity index (χ3n) is 2.85. The first-order valence-corrected chi connectivity index (χ1v) is 7.36. The van der Waals surface area contributed by atoms with Gasteiger partial charge in [0.1, 0.15) is 0 Å². The molecule has 21 heavy (non-hydrogen) atoms. The van der Waals surface area contributed by atoms with Crippen LogP contribution in [0.1, 0.15) is 27.3 Å². The van der Waals surface area contributed by atoms with Crippen LogP contribution in [0.3, 0.4) is 0 Å². The highest BCUT2D eigenvalue weighted by Crippen LogP contribution is 2.20. The standard InChI is InChI=1S/C11H13N5O4S/c1-6-3-7(2)9(4-8(6)11(17)18)21(19,20)12-5-10-13-15-16-14-10/h3-4,12H,5H2,1-2H3,(H,17,18)(H,13,14,15,16). The minimum atomic E-state index is -3.87. The van der Waals surface area contributed by atoms with E-state index in [0.29, 0.717) is 11.1 Å². The number of aryl methyl sites for hydroxylation is 2. The van der Waals surface area contributed by atoms with Gasteiger partial charge in [-0.1, -0.05) is 11.3 Å². The number of rotatable bonds is 5. The molecule has 0 amide bonds. The summed E-state index contributed by atoms with van der Waals surface area (Å²) in [5, 5.41) is 21.9. The van der Waals surface area contributed by atoms with Crippen LogP contribution in [0.4, 0.5) is 0 Å². The van der Waals surface area contributed by atoms with Crippen molar-refractivity contribution in [2.45, 2.75) is 25.3 Å². The average Bonchev–Trinajstić information content (AvgIpc) is 2.88. The van der Waals surface area contributed by atoms with Crippen molar-refractivity contribution in [2.75, 3.05) is 0 Å². The molecule has 1 aromatic heterocycles. The molecule has 0 radical (unpaired) electrons. The Morgan fingerprint density at radius 3 is 2.62 bits per heavy atom. The van der Waals surface area contributed by atoms with E-state index in [1.54, 1.807) is 13.8 Å². The highest BCUT2D eigenvalue weighted by atomic mass is 32.2. The van der Waals surface area contributed by atoms with Gasteiger partial charge in [-0.25, -0.2) is 17.9 Å². The van der Waals surface area contributed by atoms with E-state index in [2.05, 4.69) is 25.3 Å². The molecular weight excluding hydrogens is 298 g/mol. The van der Waals surface area contributed by atoms with Crippen LogP contribution in [0.15, 0.2) is 17.0 Å². The number of benzene rings is 1. The van der Waals surface area contributed by atoms with Crippen molar-refractivity contribution >= 4 is 16.0 Å². The number of sulfonamides is 1. The van der Waals surface area contributed by atoms with Crippen LogP contribution in [-0.4, -0.2) is 40.1 Å². The fraction of sp³-hybridized carbons (Fsp3) is 0.273. The van der Waals surface area contributed by atoms with E-state index in [-0.39, 0.29) is 22.8 Å². The predicted octanol–water partition coefficient (Wildman–Crippen LogP) is -0.00676. The minimum absolute atomic E-state index is 0.0551. The summed E-state index contributed by atoms with van der Waals surface area (Å²) in [4.78, 5) is 11.0. The number of hydrogen-bond donors (Lipinski definition) is 3. The van der Waals surface area contributed by atoms with Crippen LogP contribution in [0, 0.1) is 13.8 Å². The number of carbonyl (C=O) groups is 1. The second kappa shape index (κ2) is 5.58. The van der Waals surface area contributed by atoms with Crippen molar-refractivity contribution in [1.29, 1.82) is 0 Å². The maximum atomic E-state index is 12.2. The van der Waals surface area contributed by atoms with Gasteiger partial charge in [0, 0.05) is 0 Å². The number of aromatic nitrogens is 4. The maximum Gasteiger partial charge on any atom is 0.335 e. The van der Waals surface area contributed by atoms with Crippen LogP contribution < -0.4 is 4.72 Å². The molecule has 0 aliphatic carbocycles. The lowest BCUT2D eigenvalue weighted by Gasteiger charge is -2.11. The fourth-order valence-electron chi connectivity index (χ4n) is 1.85. The summed E-state index contributed by atoms with van der Waals surface area (Å²) >= 11 is 0. The first-order valence-electron chi connectivity index (χ1n) is 5.88. The Morgan fingerprint density at radius 2 is 2.05 bits per heavy atom. The van der Waals surface area contributed by atoms with E-state index in [1.165, 1.54) is 6.07 Å². The van der Waals surface area contributed by atoms with Gasteiger partial charge in [0.15, 0.2) is 5.82 Å². The summed E-state index contributed by atoms with van der Waals surface area (Å²) in [6.45, 7) is 3.07. The van der Waals surface area contributed by atoms with E-state index < -0.39 is 16.0 Å². The molecule has 0 unspecified atom stereocenters. The first kappa shape index (κ1) is 15.1. The molecule has 0 bridgehead atoms. The molecule has 2 aromatic rings. The topological polar surface area (TPSA) is 138 Å². The van der Waals surface area contributed by atoms with Gasteiger partial charge in [0.25, 0.3) is 0 Å². The zero-order chi connectivity index (χ0) is 15.6. The number of aromatic amines is 1. The van der Waals surface area contributed by atoms with Gasteiger partial charge in [-0.15, -0.1) is 10.2 Å². The molecule has 0 aliphatic heterocycles. The summed E-state index contributed by atoms with van der Waals surface area (Å²) in [5.41, 5.74) is 0.899. The number of H-pyrrole nitrogens is 1. The molecule has 0 atom stereocenters. The number of carboxylic acid groups (broad SMARTS) is 1. The summed E-state index contributed by atoms with van der Waals surface area (Å²) in [5.74, 6) is -0.996. The van der Waals surface area contributed by atoms with E-state index in [0.717, 1.165) is 6.07 Å². The number of tetrazole rings is 1. The fourth-order valence-corrected chi connectivity index (χ4v) is 3.08. The molecule has 1 aromatic carbocycles. The van der Waals surface area contributed by atoms with Gasteiger partial charge in [-0.3, -0.25) is 0 Å². The molecule has 3 N–H and O–H groups in total. The third-order valence-corrected chi connectivity index (χ3v) is 4.39. The number of aromatic carboxylic acids is 1. The van der Waals surface area contributed by atoms with Crippen molar-refractivity contribution in [3.05, 3.63) is 34.6 Å². The van der Waals surface area contributed by atoms with Gasteiger partial charge >= 0.3 is 5.97 Å². The smallest absolute Gasteiger partial charge is 0.335 e. The van der Waals surface area contributed by atoms with Crippen molar-refractivity contribution in [2.24, 2.45) is 0 Å². The maximum absolute atomic E-state index is 12.2. The molecule has 1 heterocycles. The minimum Gasteiger partial charge on any atom is -0.478 e. The second-order valence-electron chi connectivity index (χ2n) is 4.39. The van der Waals surface area contributed by atoms with Crippen LogP contribution in [-0.2, 0) is 16.6 Å². The first-order chi connectivity index (χ1) is 9.81. The molecule has 0 aliphatic rings. The normalized spacial score (nSPS) is 11.5. The lowest BCUT2D eigenvalue weighted by Crippen LogP contribution is -2.25. The van der Waals surface area contributed by atoms with Crippen LogP contribution in [0.2, 0.25) is 0 Å². The van der Waals surface area contributed by atoms with E-state index in [9.17, 15) is 13.2 Å². The zero-order valence-corrected chi connectivity index (χ0v) is 12.1. The molecule has 112 valence electrons. The quantitative estimate of drug-likeness (QED) is 0.706. The van der Waals surface area contributed by atoms with Crippen molar-refractivity contribution < 1.29 is 18.3 Å². The summed E-state index contributed by atoms with van der Waals surface area (Å²) in [6.07, 6.45) is 0. The molecule has 0 fully saturated rings. The van der Waals surface area contributed by atoms with E-state index >= 15 is 0 Å². The number of nitrogens with one attached hydrogen (secondary N) is 2. The molecule has 0 saturated carbocycles. The van der Waals surface area contributed by atoms with Crippen molar-refractivity contribution in [1.82, 2.24) is 25.3 Å². The SMILES string of the molecule is Cc1cc(C)c(S(=O)(=O)NCc2nn[nH]n2)cc1C(=O)O. The van der Waals surface area contributed by atoms with Crippen LogP contribution in [0.25, 0.3) is 0 Å². The summed E-state index contributed by atoms with van der Waals surface area (Å²) in [7, 11) is -3.87. The summed E-state index contributed by atoms with van der Waals surface area (Å²) in [6, 6.07) is 2.66. The molecular formula is C11H13N5O4S. The van der Waals surface area contributed by atoms with Gasteiger partial charge in [0.2, 0.25) is 10.0 Å². The van der Waals surface area contributed by atoms with Crippen LogP contribution >= 0.6 is 0 Å². The van der Waals surface area contributed by atoms with Crippen molar-refractivity contribution in [3.8, 4) is 0 Å². The molecule has 9 nitrogen and oxygen atoms in total. The van der Waals surface area contributed by atoms with Gasteiger partial charge in [0.05, 0.1) is 17.0 Å². The van der Waals surface area contributed by atoms with Crippen LogP contribution in [0.5, 0.6) is 0 Å². The van der Waals surface area contributed by atoms with Gasteiger partial charge in [-0.05, 0) is 31.0 Å². The number of carboxylic acids is 1. The van der Waals surface area contributed by atoms with Crippen molar-refractivity contribution in [3.63, 3.8) is 0 Å². The average molecular weight is 311 g/mol. The molecule has 2 rings (SSSR count). The van der Waals surface area contributed by atoms with E-state index in [4.69, 9.17) is 5.11 Å². The Kier molecular flexibility index (Phi) is 4.00. The monoisotopic (exact) mass is 311 g/mol. The van der Waals surface area contributed by atoms with E-state index in [1.807, 2.05) is 0 Å². The number of hydrogen-bond acceptors (Lipinski definition) is 6. The third kappa shape index (κ3) is 3.23. The molecule has 10 heteroatoms. The second-order valence-corrected chi connectivity index (χ2v) is 6.13. The highest BCUT2D eigenvalue weighted by Gasteiger charge is 2.21. The Bertz CT molecular complexity index is 770. The molecule has 0 saturated heterocycles. The Labute approximate surface area is 120 Å². The summed E-state index contributed by atoms with van der Waals surface area (Å²) < 4.78 is 26.8. The lowest BCUT2D eigenvalue weighted by atomic mass is 10.1. The van der Waals surface area contributed by atoms with Gasteiger partial charge < -0.3 is 5.11 Å². The predicted molar refractivity (Wildman–Crippen MR) is 71.1 cm³/mol.